The molecule has 0 radical (unpaired) electrons. The van der Waals surface area contributed by atoms with Gasteiger partial charge in [-0.1, -0.05) is 6.07 Å². The largest absolute Gasteiger partial charge is 0.443 e. The fourth-order valence-corrected chi connectivity index (χ4v) is 1.51. The standard InChI is InChI=1S/C11H13NO2/c1-11(2,13)6-8-3-4-9-10(5-8)14-7-12-9/h3-5,7,13H,6H2,1-2H3. The zero-order chi connectivity index (χ0) is 10.2. The van der Waals surface area contributed by atoms with Gasteiger partial charge >= 0.3 is 0 Å². The van der Waals surface area contributed by atoms with Crippen molar-refractivity contribution in [1.82, 2.24) is 4.98 Å². The molecule has 0 saturated carbocycles. The number of oxazole rings is 1. The Morgan fingerprint density at radius 3 is 2.93 bits per heavy atom. The lowest BCUT2D eigenvalue weighted by molar-refractivity contribution is 0.0810. The van der Waals surface area contributed by atoms with Crippen molar-refractivity contribution in [2.75, 3.05) is 0 Å². The predicted octanol–water partition coefficient (Wildman–Crippen LogP) is 2.14. The molecule has 0 fully saturated rings. The van der Waals surface area contributed by atoms with Crippen LogP contribution in [0.2, 0.25) is 0 Å². The molecular formula is C11H13NO2. The number of nitrogens with zero attached hydrogens (tertiary/aromatic N) is 1. The Balaban J connectivity index is 2.35. The lowest BCUT2D eigenvalue weighted by Gasteiger charge is -2.16. The van der Waals surface area contributed by atoms with Crippen LogP contribution >= 0.6 is 0 Å². The Morgan fingerprint density at radius 2 is 2.21 bits per heavy atom. The van der Waals surface area contributed by atoms with Gasteiger partial charge in [-0.2, -0.15) is 0 Å². The number of hydrogen-bond donors (Lipinski definition) is 1. The summed E-state index contributed by atoms with van der Waals surface area (Å²) in [5.74, 6) is 0. The van der Waals surface area contributed by atoms with E-state index in [4.69, 9.17) is 4.42 Å². The van der Waals surface area contributed by atoms with Crippen molar-refractivity contribution < 1.29 is 9.52 Å². The van der Waals surface area contributed by atoms with E-state index < -0.39 is 5.60 Å². The molecule has 1 aromatic carbocycles. The minimum atomic E-state index is -0.687. The van der Waals surface area contributed by atoms with Gasteiger partial charge in [-0.3, -0.25) is 0 Å². The highest BCUT2D eigenvalue weighted by Gasteiger charge is 2.13. The Labute approximate surface area is 82.4 Å². The number of hydrogen-bond acceptors (Lipinski definition) is 3. The Bertz CT molecular complexity index is 440. The van der Waals surface area contributed by atoms with E-state index in [1.807, 2.05) is 18.2 Å². The first-order chi connectivity index (χ1) is 6.54. The molecule has 0 spiro atoms. The molecule has 3 nitrogen and oxygen atoms in total. The third-order valence-corrected chi connectivity index (χ3v) is 2.03. The number of aliphatic hydroxyl groups is 1. The maximum atomic E-state index is 9.65. The van der Waals surface area contributed by atoms with Crippen LogP contribution in [0.1, 0.15) is 19.4 Å². The smallest absolute Gasteiger partial charge is 0.181 e. The molecule has 1 aromatic heterocycles. The Hall–Kier alpha value is -1.35. The summed E-state index contributed by atoms with van der Waals surface area (Å²) in [6, 6.07) is 5.78. The van der Waals surface area contributed by atoms with Crippen molar-refractivity contribution in [3.63, 3.8) is 0 Å². The van der Waals surface area contributed by atoms with Crippen molar-refractivity contribution in [1.29, 1.82) is 0 Å². The van der Waals surface area contributed by atoms with Gasteiger partial charge in [0, 0.05) is 6.42 Å². The average Bonchev–Trinajstić information content (AvgIpc) is 2.47. The van der Waals surface area contributed by atoms with Crippen molar-refractivity contribution in [2.24, 2.45) is 0 Å². The van der Waals surface area contributed by atoms with E-state index in [-0.39, 0.29) is 0 Å². The Morgan fingerprint density at radius 1 is 1.43 bits per heavy atom. The van der Waals surface area contributed by atoms with Gasteiger partial charge in [0.15, 0.2) is 12.0 Å². The SMILES string of the molecule is CC(C)(O)Cc1ccc2ncoc2c1. The van der Waals surface area contributed by atoms with E-state index in [1.165, 1.54) is 6.39 Å². The highest BCUT2D eigenvalue weighted by atomic mass is 16.3. The lowest BCUT2D eigenvalue weighted by atomic mass is 9.99. The van der Waals surface area contributed by atoms with Crippen molar-refractivity contribution in [3.8, 4) is 0 Å². The van der Waals surface area contributed by atoms with Gasteiger partial charge in [0.2, 0.25) is 0 Å². The second kappa shape index (κ2) is 3.10. The summed E-state index contributed by atoms with van der Waals surface area (Å²) in [7, 11) is 0. The normalized spacial score (nSPS) is 12.2. The number of benzene rings is 1. The van der Waals surface area contributed by atoms with Gasteiger partial charge in [-0.05, 0) is 31.5 Å². The molecule has 0 unspecified atom stereocenters. The predicted molar refractivity (Wildman–Crippen MR) is 54.0 cm³/mol. The maximum Gasteiger partial charge on any atom is 0.181 e. The van der Waals surface area contributed by atoms with Crippen LogP contribution in [-0.2, 0) is 6.42 Å². The van der Waals surface area contributed by atoms with Crippen LogP contribution in [0.4, 0.5) is 0 Å². The quantitative estimate of drug-likeness (QED) is 0.791. The van der Waals surface area contributed by atoms with Gasteiger partial charge in [0.25, 0.3) is 0 Å². The summed E-state index contributed by atoms with van der Waals surface area (Å²) in [5.41, 5.74) is 1.99. The number of fused-ring (bicyclic) bond motifs is 1. The molecule has 0 bridgehead atoms. The van der Waals surface area contributed by atoms with Crippen LogP contribution in [0, 0.1) is 0 Å². The summed E-state index contributed by atoms with van der Waals surface area (Å²) in [6.07, 6.45) is 2.04. The molecule has 0 atom stereocenters. The zero-order valence-corrected chi connectivity index (χ0v) is 8.32. The topological polar surface area (TPSA) is 46.3 Å². The molecule has 74 valence electrons. The van der Waals surface area contributed by atoms with Crippen LogP contribution in [0.3, 0.4) is 0 Å². The van der Waals surface area contributed by atoms with Crippen LogP contribution in [0.15, 0.2) is 29.0 Å². The number of rotatable bonds is 2. The van der Waals surface area contributed by atoms with Gasteiger partial charge in [0.1, 0.15) is 5.52 Å². The monoisotopic (exact) mass is 191 g/mol. The van der Waals surface area contributed by atoms with E-state index in [0.29, 0.717) is 6.42 Å². The van der Waals surface area contributed by atoms with Crippen LogP contribution in [-0.4, -0.2) is 15.7 Å². The molecule has 14 heavy (non-hydrogen) atoms. The summed E-state index contributed by atoms with van der Waals surface area (Å²) in [4.78, 5) is 4.03. The van der Waals surface area contributed by atoms with Gasteiger partial charge in [-0.15, -0.1) is 0 Å². The van der Waals surface area contributed by atoms with E-state index in [9.17, 15) is 5.11 Å². The molecular weight excluding hydrogens is 178 g/mol. The molecule has 1 N–H and O–H groups in total. The fourth-order valence-electron chi connectivity index (χ4n) is 1.51. The van der Waals surface area contributed by atoms with Crippen LogP contribution < -0.4 is 0 Å². The fraction of sp³-hybridized carbons (Fsp3) is 0.364. The third-order valence-electron chi connectivity index (χ3n) is 2.03. The summed E-state index contributed by atoms with van der Waals surface area (Å²) >= 11 is 0. The van der Waals surface area contributed by atoms with Crippen molar-refractivity contribution >= 4 is 11.1 Å². The van der Waals surface area contributed by atoms with Crippen molar-refractivity contribution in [2.45, 2.75) is 25.9 Å². The first-order valence-electron chi connectivity index (χ1n) is 4.59. The van der Waals surface area contributed by atoms with E-state index in [0.717, 1.165) is 16.7 Å². The first kappa shape index (κ1) is 9.21. The summed E-state index contributed by atoms with van der Waals surface area (Å²) in [6.45, 7) is 3.58. The molecule has 0 amide bonds. The second-order valence-corrected chi connectivity index (χ2v) is 4.14. The van der Waals surface area contributed by atoms with E-state index in [2.05, 4.69) is 4.98 Å². The average molecular weight is 191 g/mol. The first-order valence-corrected chi connectivity index (χ1v) is 4.59. The minimum absolute atomic E-state index is 0.615. The van der Waals surface area contributed by atoms with Gasteiger partial charge < -0.3 is 9.52 Å². The van der Waals surface area contributed by atoms with E-state index >= 15 is 0 Å². The van der Waals surface area contributed by atoms with Gasteiger partial charge in [0.05, 0.1) is 5.60 Å². The third kappa shape index (κ3) is 1.93. The molecule has 0 saturated heterocycles. The molecule has 3 heteroatoms. The van der Waals surface area contributed by atoms with Crippen LogP contribution in [0.25, 0.3) is 11.1 Å². The Kier molecular flexibility index (Phi) is 2.04. The van der Waals surface area contributed by atoms with Crippen molar-refractivity contribution in [3.05, 3.63) is 30.2 Å². The van der Waals surface area contributed by atoms with Gasteiger partial charge in [-0.25, -0.2) is 4.98 Å². The molecule has 2 aromatic rings. The lowest BCUT2D eigenvalue weighted by Crippen LogP contribution is -2.21. The molecule has 0 aliphatic heterocycles. The second-order valence-electron chi connectivity index (χ2n) is 4.14. The molecule has 2 rings (SSSR count). The summed E-state index contributed by atoms with van der Waals surface area (Å²) in [5, 5.41) is 9.65. The minimum Gasteiger partial charge on any atom is -0.443 e. The highest BCUT2D eigenvalue weighted by molar-refractivity contribution is 5.72. The van der Waals surface area contributed by atoms with Crippen LogP contribution in [0.5, 0.6) is 0 Å². The highest BCUT2D eigenvalue weighted by Crippen LogP contribution is 2.18. The summed E-state index contributed by atoms with van der Waals surface area (Å²) < 4.78 is 5.18. The molecule has 0 aliphatic rings. The van der Waals surface area contributed by atoms with E-state index in [1.54, 1.807) is 13.8 Å². The maximum absolute atomic E-state index is 9.65. The zero-order valence-electron chi connectivity index (χ0n) is 8.32. The molecule has 1 heterocycles. The number of aromatic nitrogens is 1. The molecule has 0 aliphatic carbocycles.